The summed E-state index contributed by atoms with van der Waals surface area (Å²) in [4.78, 5) is 22.0. The molecule has 0 radical (unpaired) electrons. The minimum atomic E-state index is -0.698. The second kappa shape index (κ2) is 9.72. The molecule has 0 aromatic carbocycles. The minimum absolute atomic E-state index is 0.0538. The average Bonchev–Trinajstić information content (AvgIpc) is 2.30. The first kappa shape index (κ1) is 16.7. The van der Waals surface area contributed by atoms with E-state index in [0.717, 1.165) is 0 Å². The van der Waals surface area contributed by atoms with Crippen LogP contribution in [0, 0.1) is 0 Å². The minimum Gasteiger partial charge on any atom is -0.437 e. The normalized spacial score (nSPS) is 14.1. The fraction of sp³-hybridized carbons (Fsp3) is 0.778. The van der Waals surface area contributed by atoms with Crippen LogP contribution in [0.5, 0.6) is 0 Å². The quantitative estimate of drug-likeness (QED) is 0.258. The van der Waals surface area contributed by atoms with Crippen LogP contribution in [0.25, 0.3) is 0 Å². The van der Waals surface area contributed by atoms with Crippen molar-refractivity contribution < 1.29 is 19.1 Å². The lowest BCUT2D eigenvalue weighted by molar-refractivity contribution is -0.155. The molecule has 0 fully saturated rings. The molecular weight excluding hydrogens is 264 g/mol. The molecule has 100 valence electrons. The van der Waals surface area contributed by atoms with Gasteiger partial charge in [0.1, 0.15) is 11.8 Å². The number of esters is 1. The van der Waals surface area contributed by atoms with Gasteiger partial charge in [0.15, 0.2) is 6.79 Å². The van der Waals surface area contributed by atoms with Crippen molar-refractivity contribution >= 4 is 33.3 Å². The maximum absolute atomic E-state index is 11.2. The predicted octanol–water partition coefficient (Wildman–Crippen LogP) is -0.241. The fourth-order valence-electron chi connectivity index (χ4n) is 0.652. The Morgan fingerprint density at radius 2 is 1.71 bits per heavy atom. The van der Waals surface area contributed by atoms with Gasteiger partial charge in [-0.05, 0) is 6.92 Å². The standard InChI is InChI=1S/C9H18N2O4S2/c1-6(12)7(10)3-16-17-4-8(11)9(13)15-5-14-2/h7-8H,3-5,10-11H2,1-2H3. The Kier molecular flexibility index (Phi) is 9.56. The van der Waals surface area contributed by atoms with Gasteiger partial charge in [-0.3, -0.25) is 9.59 Å². The zero-order valence-electron chi connectivity index (χ0n) is 9.88. The van der Waals surface area contributed by atoms with Crippen LogP contribution in [-0.4, -0.2) is 49.2 Å². The van der Waals surface area contributed by atoms with E-state index in [1.165, 1.54) is 35.6 Å². The molecule has 2 unspecified atom stereocenters. The largest absolute Gasteiger partial charge is 0.437 e. The van der Waals surface area contributed by atoms with Crippen molar-refractivity contribution in [2.45, 2.75) is 19.0 Å². The maximum Gasteiger partial charge on any atom is 0.325 e. The van der Waals surface area contributed by atoms with Gasteiger partial charge >= 0.3 is 5.97 Å². The first-order valence-corrected chi connectivity index (χ1v) is 7.39. The lowest BCUT2D eigenvalue weighted by Gasteiger charge is -2.11. The second-order valence-corrected chi connectivity index (χ2v) is 5.81. The summed E-state index contributed by atoms with van der Waals surface area (Å²) in [5.74, 6) is 0.343. The summed E-state index contributed by atoms with van der Waals surface area (Å²) in [5.41, 5.74) is 11.1. The van der Waals surface area contributed by atoms with Crippen LogP contribution in [0.4, 0.5) is 0 Å². The van der Waals surface area contributed by atoms with E-state index in [1.54, 1.807) is 0 Å². The highest BCUT2D eigenvalue weighted by atomic mass is 33.1. The Labute approximate surface area is 109 Å². The van der Waals surface area contributed by atoms with Crippen molar-refractivity contribution in [3.05, 3.63) is 0 Å². The number of ether oxygens (including phenoxy) is 2. The van der Waals surface area contributed by atoms with Crippen molar-refractivity contribution in [2.24, 2.45) is 11.5 Å². The van der Waals surface area contributed by atoms with Gasteiger partial charge in [-0.25, -0.2) is 0 Å². The third-order valence-corrected chi connectivity index (χ3v) is 4.20. The van der Waals surface area contributed by atoms with Crippen molar-refractivity contribution in [2.75, 3.05) is 25.4 Å². The Morgan fingerprint density at radius 1 is 1.18 bits per heavy atom. The van der Waals surface area contributed by atoms with Crippen molar-refractivity contribution in [3.8, 4) is 0 Å². The first-order chi connectivity index (χ1) is 7.99. The maximum atomic E-state index is 11.2. The molecule has 0 aromatic rings. The summed E-state index contributed by atoms with van der Waals surface area (Å²) in [6.07, 6.45) is 0. The van der Waals surface area contributed by atoms with Gasteiger partial charge in [-0.15, -0.1) is 0 Å². The van der Waals surface area contributed by atoms with Gasteiger partial charge in [0.2, 0.25) is 0 Å². The van der Waals surface area contributed by atoms with E-state index < -0.39 is 18.1 Å². The van der Waals surface area contributed by atoms with Crippen LogP contribution in [-0.2, 0) is 19.1 Å². The molecule has 17 heavy (non-hydrogen) atoms. The van der Waals surface area contributed by atoms with E-state index in [9.17, 15) is 9.59 Å². The molecule has 0 saturated heterocycles. The summed E-state index contributed by atoms with van der Waals surface area (Å²) < 4.78 is 9.26. The molecule has 2 atom stereocenters. The number of rotatable bonds is 9. The number of nitrogens with two attached hydrogens (primary N) is 2. The molecule has 0 spiro atoms. The third kappa shape index (κ3) is 8.44. The molecular formula is C9H18N2O4S2. The molecule has 8 heteroatoms. The Hall–Kier alpha value is -0.280. The van der Waals surface area contributed by atoms with Gasteiger partial charge < -0.3 is 20.9 Å². The van der Waals surface area contributed by atoms with E-state index in [2.05, 4.69) is 9.47 Å². The fourth-order valence-corrected chi connectivity index (χ4v) is 2.97. The first-order valence-electron chi connectivity index (χ1n) is 4.90. The summed E-state index contributed by atoms with van der Waals surface area (Å²) in [6.45, 7) is 1.35. The van der Waals surface area contributed by atoms with Gasteiger partial charge in [-0.2, -0.15) is 0 Å². The molecule has 0 bridgehead atoms. The number of hydrogen-bond donors (Lipinski definition) is 2. The van der Waals surface area contributed by atoms with Crippen LogP contribution >= 0.6 is 21.6 Å². The smallest absolute Gasteiger partial charge is 0.325 e. The van der Waals surface area contributed by atoms with E-state index >= 15 is 0 Å². The number of hydrogen-bond acceptors (Lipinski definition) is 8. The third-order valence-electron chi connectivity index (χ3n) is 1.72. The summed E-state index contributed by atoms with van der Waals surface area (Å²) in [5, 5.41) is 0. The number of carbonyl (C=O) groups excluding carboxylic acids is 2. The lowest BCUT2D eigenvalue weighted by atomic mass is 10.3. The van der Waals surface area contributed by atoms with Gasteiger partial charge in [-0.1, -0.05) is 21.6 Å². The van der Waals surface area contributed by atoms with E-state index in [1.807, 2.05) is 0 Å². The highest BCUT2D eigenvalue weighted by Crippen LogP contribution is 2.22. The summed E-state index contributed by atoms with van der Waals surface area (Å²) >= 11 is 0. The summed E-state index contributed by atoms with van der Waals surface area (Å²) in [6, 6.07) is -1.17. The number of Topliss-reactive ketones (excluding diaryl/α,β-unsaturated/α-hetero) is 1. The zero-order chi connectivity index (χ0) is 13.3. The highest BCUT2D eigenvalue weighted by Gasteiger charge is 2.15. The Bertz CT molecular complexity index is 253. The molecule has 0 aromatic heterocycles. The number of methoxy groups -OCH3 is 1. The molecule has 0 amide bonds. The predicted molar refractivity (Wildman–Crippen MR) is 69.5 cm³/mol. The van der Waals surface area contributed by atoms with Crippen LogP contribution in [0.1, 0.15) is 6.92 Å². The molecule has 0 heterocycles. The van der Waals surface area contributed by atoms with Gasteiger partial charge in [0.05, 0.1) is 6.04 Å². The van der Waals surface area contributed by atoms with Crippen LogP contribution in [0.15, 0.2) is 0 Å². The monoisotopic (exact) mass is 282 g/mol. The topological polar surface area (TPSA) is 105 Å². The average molecular weight is 282 g/mol. The van der Waals surface area contributed by atoms with E-state index in [-0.39, 0.29) is 12.6 Å². The Balaban J connectivity index is 3.60. The van der Waals surface area contributed by atoms with Crippen molar-refractivity contribution in [3.63, 3.8) is 0 Å². The molecule has 0 saturated carbocycles. The SMILES string of the molecule is COCOC(=O)C(N)CSSCC(N)C(C)=O. The van der Waals surface area contributed by atoms with Crippen LogP contribution in [0.3, 0.4) is 0 Å². The molecule has 0 aliphatic rings. The van der Waals surface area contributed by atoms with Crippen molar-refractivity contribution in [1.29, 1.82) is 0 Å². The molecule has 6 nitrogen and oxygen atoms in total. The Morgan fingerprint density at radius 3 is 2.18 bits per heavy atom. The number of carbonyl (C=O) groups is 2. The zero-order valence-corrected chi connectivity index (χ0v) is 11.5. The van der Waals surface area contributed by atoms with Crippen molar-refractivity contribution in [1.82, 2.24) is 0 Å². The lowest BCUT2D eigenvalue weighted by Crippen LogP contribution is -2.35. The van der Waals surface area contributed by atoms with Gasteiger partial charge in [0.25, 0.3) is 0 Å². The van der Waals surface area contributed by atoms with Crippen LogP contribution in [0.2, 0.25) is 0 Å². The van der Waals surface area contributed by atoms with E-state index in [4.69, 9.17) is 11.5 Å². The molecule has 0 rings (SSSR count). The van der Waals surface area contributed by atoms with E-state index in [0.29, 0.717) is 11.5 Å². The molecule has 4 N–H and O–H groups in total. The summed E-state index contributed by atoms with van der Waals surface area (Å²) in [7, 11) is 4.22. The molecule has 0 aliphatic heterocycles. The second-order valence-electron chi connectivity index (χ2n) is 3.26. The van der Waals surface area contributed by atoms with Crippen LogP contribution < -0.4 is 11.5 Å². The van der Waals surface area contributed by atoms with Gasteiger partial charge in [0, 0.05) is 18.6 Å². The highest BCUT2D eigenvalue weighted by molar-refractivity contribution is 8.76. The number of ketones is 1. The molecule has 0 aliphatic carbocycles.